The van der Waals surface area contributed by atoms with Gasteiger partial charge in [-0.3, -0.25) is 4.79 Å². The molecule has 7 heteroatoms. The highest BCUT2D eigenvalue weighted by Crippen LogP contribution is 2.34. The molecule has 1 fully saturated rings. The molecule has 1 amide bonds. The lowest BCUT2D eigenvalue weighted by molar-refractivity contribution is -0.119. The standard InChI is InChI=1S/C17H22FNO3S2/c1-17(2,3)22-16(21)19-13(11-5-7-12(18)8-6-11)14(20)15-23-9-4-10-24-15/h5-8,13,15H,4,9-10H2,1-3H3,(H,19,21). The van der Waals surface area contributed by atoms with Gasteiger partial charge in [0.25, 0.3) is 0 Å². The van der Waals surface area contributed by atoms with E-state index in [-0.39, 0.29) is 16.2 Å². The summed E-state index contributed by atoms with van der Waals surface area (Å²) in [6.45, 7) is 5.27. The smallest absolute Gasteiger partial charge is 0.408 e. The second kappa shape index (κ2) is 8.25. The average molecular weight is 371 g/mol. The number of rotatable bonds is 4. The van der Waals surface area contributed by atoms with Crippen molar-refractivity contribution < 1.29 is 18.7 Å². The summed E-state index contributed by atoms with van der Waals surface area (Å²) in [4.78, 5) is 25.0. The van der Waals surface area contributed by atoms with Crippen molar-refractivity contribution in [1.29, 1.82) is 0 Å². The molecule has 132 valence electrons. The van der Waals surface area contributed by atoms with Gasteiger partial charge < -0.3 is 10.1 Å². The van der Waals surface area contributed by atoms with Crippen LogP contribution < -0.4 is 5.32 Å². The number of hydrogen-bond donors (Lipinski definition) is 1. The molecule has 1 saturated heterocycles. The second-order valence-corrected chi connectivity index (χ2v) is 9.18. The van der Waals surface area contributed by atoms with Crippen LogP contribution in [0.1, 0.15) is 38.8 Å². The first-order valence-corrected chi connectivity index (χ1v) is 9.88. The van der Waals surface area contributed by atoms with E-state index in [2.05, 4.69) is 5.32 Å². The van der Waals surface area contributed by atoms with Gasteiger partial charge in [-0.25, -0.2) is 9.18 Å². The van der Waals surface area contributed by atoms with Crippen LogP contribution in [0.15, 0.2) is 24.3 Å². The average Bonchev–Trinajstić information content (AvgIpc) is 2.52. The van der Waals surface area contributed by atoms with E-state index >= 15 is 0 Å². The highest BCUT2D eigenvalue weighted by atomic mass is 32.2. The first-order chi connectivity index (χ1) is 11.3. The van der Waals surface area contributed by atoms with Gasteiger partial charge in [-0.2, -0.15) is 0 Å². The van der Waals surface area contributed by atoms with Crippen molar-refractivity contribution >= 4 is 35.4 Å². The molecule has 0 radical (unpaired) electrons. The number of carbonyl (C=O) groups excluding carboxylic acids is 2. The fraction of sp³-hybridized carbons (Fsp3) is 0.529. The maximum atomic E-state index is 13.2. The number of thioether (sulfide) groups is 2. The van der Waals surface area contributed by atoms with Crippen molar-refractivity contribution in [3.63, 3.8) is 0 Å². The van der Waals surface area contributed by atoms with E-state index in [1.165, 1.54) is 24.3 Å². The Bertz CT molecular complexity index is 580. The molecule has 1 heterocycles. The quantitative estimate of drug-likeness (QED) is 0.861. The van der Waals surface area contributed by atoms with Gasteiger partial charge in [0.2, 0.25) is 0 Å². The van der Waals surface area contributed by atoms with E-state index in [1.54, 1.807) is 44.3 Å². The second-order valence-electron chi connectivity index (χ2n) is 6.46. The number of ether oxygens (including phenoxy) is 1. The molecule has 0 bridgehead atoms. The molecule has 0 spiro atoms. The van der Waals surface area contributed by atoms with E-state index in [9.17, 15) is 14.0 Å². The number of benzene rings is 1. The summed E-state index contributed by atoms with van der Waals surface area (Å²) in [5, 5.41) is 2.65. The Hall–Kier alpha value is -1.21. The molecule has 1 aliphatic rings. The van der Waals surface area contributed by atoms with E-state index in [4.69, 9.17) is 4.74 Å². The summed E-state index contributed by atoms with van der Waals surface area (Å²) in [5.74, 6) is 1.36. The zero-order valence-corrected chi connectivity index (χ0v) is 15.6. The summed E-state index contributed by atoms with van der Waals surface area (Å²) >= 11 is 3.17. The molecule has 4 nitrogen and oxygen atoms in total. The third-order valence-electron chi connectivity index (χ3n) is 3.21. The molecule has 1 aromatic carbocycles. The first-order valence-electron chi connectivity index (χ1n) is 7.78. The Balaban J connectivity index is 2.18. The Morgan fingerprint density at radius 2 is 1.79 bits per heavy atom. The predicted octanol–water partition coefficient (Wildman–Crippen LogP) is 4.16. The number of carbonyl (C=O) groups is 2. The number of nitrogens with one attached hydrogen (secondary N) is 1. The van der Waals surface area contributed by atoms with Gasteiger partial charge in [0.15, 0.2) is 5.78 Å². The number of ketones is 1. The zero-order valence-electron chi connectivity index (χ0n) is 14.0. The van der Waals surface area contributed by atoms with E-state index in [1.807, 2.05) is 0 Å². The fourth-order valence-corrected chi connectivity index (χ4v) is 4.98. The zero-order chi connectivity index (χ0) is 17.7. The molecule has 24 heavy (non-hydrogen) atoms. The monoisotopic (exact) mass is 371 g/mol. The van der Waals surface area contributed by atoms with Crippen LogP contribution in [0, 0.1) is 5.82 Å². The summed E-state index contributed by atoms with van der Waals surface area (Å²) < 4.78 is 18.2. The minimum atomic E-state index is -0.844. The van der Waals surface area contributed by atoms with Gasteiger partial charge in [-0.1, -0.05) is 12.1 Å². The third kappa shape index (κ3) is 5.70. The van der Waals surface area contributed by atoms with Crippen LogP contribution in [-0.2, 0) is 9.53 Å². The molecule has 0 saturated carbocycles. The van der Waals surface area contributed by atoms with Crippen LogP contribution >= 0.6 is 23.5 Å². The molecular formula is C17H22FNO3S2. The molecule has 1 N–H and O–H groups in total. The van der Waals surface area contributed by atoms with E-state index in [0.717, 1.165) is 17.9 Å². The predicted molar refractivity (Wildman–Crippen MR) is 96.8 cm³/mol. The lowest BCUT2D eigenvalue weighted by Gasteiger charge is -2.27. The molecule has 1 unspecified atom stereocenters. The SMILES string of the molecule is CC(C)(C)OC(=O)NC(C(=O)C1SCCCS1)c1ccc(F)cc1. The van der Waals surface area contributed by atoms with Crippen LogP contribution in [0.5, 0.6) is 0 Å². The normalized spacial score (nSPS) is 17.2. The van der Waals surface area contributed by atoms with Gasteiger partial charge in [0.05, 0.1) is 0 Å². The Kier molecular flexibility index (Phi) is 6.57. The number of halogens is 1. The number of alkyl carbamates (subject to hydrolysis) is 1. The van der Waals surface area contributed by atoms with Gasteiger partial charge in [0, 0.05) is 0 Å². The van der Waals surface area contributed by atoms with Crippen LogP contribution in [0.3, 0.4) is 0 Å². The summed E-state index contributed by atoms with van der Waals surface area (Å²) in [6, 6.07) is 4.77. The van der Waals surface area contributed by atoms with Crippen molar-refractivity contribution in [2.45, 2.75) is 43.4 Å². The number of Topliss-reactive ketones (excluding diaryl/α,β-unsaturated/α-hetero) is 1. The highest BCUT2D eigenvalue weighted by molar-refractivity contribution is 8.18. The molecule has 1 aliphatic heterocycles. The molecule has 1 atom stereocenters. The van der Waals surface area contributed by atoms with Gasteiger partial charge in [-0.15, -0.1) is 23.5 Å². The van der Waals surface area contributed by atoms with E-state index in [0.29, 0.717) is 5.56 Å². The number of hydrogen-bond acceptors (Lipinski definition) is 5. The van der Waals surface area contributed by atoms with Crippen LogP contribution in [0.2, 0.25) is 0 Å². The van der Waals surface area contributed by atoms with Crippen LogP contribution in [0.4, 0.5) is 9.18 Å². The summed E-state index contributed by atoms with van der Waals surface area (Å²) in [6.07, 6.45) is 0.413. The minimum Gasteiger partial charge on any atom is -0.444 e. The Labute approximate surface area is 150 Å². The maximum Gasteiger partial charge on any atom is 0.408 e. The van der Waals surface area contributed by atoms with E-state index < -0.39 is 17.7 Å². The Morgan fingerprint density at radius 3 is 2.33 bits per heavy atom. The molecule has 0 aromatic heterocycles. The molecule has 2 rings (SSSR count). The largest absolute Gasteiger partial charge is 0.444 e. The minimum absolute atomic E-state index is 0.0952. The van der Waals surface area contributed by atoms with Crippen molar-refractivity contribution in [3.05, 3.63) is 35.6 Å². The summed E-state index contributed by atoms with van der Waals surface area (Å²) in [7, 11) is 0. The fourth-order valence-electron chi connectivity index (χ4n) is 2.19. The van der Waals surface area contributed by atoms with Crippen molar-refractivity contribution in [2.24, 2.45) is 0 Å². The van der Waals surface area contributed by atoms with Crippen molar-refractivity contribution in [2.75, 3.05) is 11.5 Å². The lowest BCUT2D eigenvalue weighted by atomic mass is 10.0. The molecular weight excluding hydrogens is 349 g/mol. The Morgan fingerprint density at radius 1 is 1.21 bits per heavy atom. The molecule has 1 aromatic rings. The maximum absolute atomic E-state index is 13.2. The highest BCUT2D eigenvalue weighted by Gasteiger charge is 2.32. The topological polar surface area (TPSA) is 55.4 Å². The van der Waals surface area contributed by atoms with Crippen molar-refractivity contribution in [3.8, 4) is 0 Å². The van der Waals surface area contributed by atoms with Gasteiger partial charge in [-0.05, 0) is 56.4 Å². The van der Waals surface area contributed by atoms with Crippen LogP contribution in [0.25, 0.3) is 0 Å². The third-order valence-corrected chi connectivity index (χ3v) is 6.14. The van der Waals surface area contributed by atoms with Gasteiger partial charge in [0.1, 0.15) is 22.0 Å². The van der Waals surface area contributed by atoms with Crippen LogP contribution in [-0.4, -0.2) is 33.6 Å². The number of amides is 1. The molecule has 0 aliphatic carbocycles. The van der Waals surface area contributed by atoms with Gasteiger partial charge >= 0.3 is 6.09 Å². The first kappa shape index (κ1) is 19.1. The summed E-state index contributed by atoms with van der Waals surface area (Å²) in [5.41, 5.74) is -0.103. The van der Waals surface area contributed by atoms with Crippen molar-refractivity contribution in [1.82, 2.24) is 5.32 Å². The lowest BCUT2D eigenvalue weighted by Crippen LogP contribution is -2.40.